The molecule has 58 heavy (non-hydrogen) atoms. The third-order valence-electron chi connectivity index (χ3n) is 12.9. The minimum absolute atomic E-state index is 0.0685. The van der Waals surface area contributed by atoms with Crippen LogP contribution in [0.5, 0.6) is 0 Å². The average Bonchev–Trinajstić information content (AvgIpc) is 3.90. The first-order chi connectivity index (χ1) is 28.8. The second-order valence-electron chi connectivity index (χ2n) is 15.9. The normalized spacial score (nSPS) is 13.7. The van der Waals surface area contributed by atoms with E-state index in [1.807, 2.05) is 0 Å². The van der Waals surface area contributed by atoms with Crippen molar-refractivity contribution in [2.75, 3.05) is 4.90 Å². The molecule has 0 unspecified atom stereocenters. The molecule has 0 aromatic heterocycles. The van der Waals surface area contributed by atoms with Crippen LogP contribution in [0.15, 0.2) is 212 Å². The van der Waals surface area contributed by atoms with E-state index in [0.717, 1.165) is 11.4 Å². The van der Waals surface area contributed by atoms with Gasteiger partial charge in [-0.3, -0.25) is 0 Å². The summed E-state index contributed by atoms with van der Waals surface area (Å²) in [6.45, 7) is 0. The molecule has 9 aromatic carbocycles. The summed E-state index contributed by atoms with van der Waals surface area (Å²) >= 11 is 0. The van der Waals surface area contributed by atoms with Gasteiger partial charge in [0.05, 0.1) is 5.69 Å². The Morgan fingerprint density at radius 3 is 1.62 bits per heavy atom. The van der Waals surface area contributed by atoms with Crippen molar-refractivity contribution >= 4 is 27.8 Å². The molecule has 0 heterocycles. The van der Waals surface area contributed by atoms with Crippen LogP contribution in [-0.2, 0) is 5.41 Å². The van der Waals surface area contributed by atoms with E-state index in [1.54, 1.807) is 0 Å². The van der Waals surface area contributed by atoms with Crippen molar-refractivity contribution in [3.8, 4) is 55.6 Å². The zero-order valence-corrected chi connectivity index (χ0v) is 32.5. The number of hydrogen-bond acceptors (Lipinski definition) is 1. The van der Waals surface area contributed by atoms with Crippen LogP contribution in [0.4, 0.5) is 17.1 Å². The lowest BCUT2D eigenvalue weighted by atomic mass is 9.76. The van der Waals surface area contributed by atoms with Crippen molar-refractivity contribution < 1.29 is 0 Å². The third kappa shape index (κ3) is 5.61. The second-order valence-corrected chi connectivity index (χ2v) is 15.9. The molecule has 1 heteroatoms. The Labute approximate surface area is 341 Å². The van der Waals surface area contributed by atoms with Crippen LogP contribution in [0.2, 0.25) is 0 Å². The Bertz CT molecular complexity index is 2940. The van der Waals surface area contributed by atoms with Crippen LogP contribution in [0, 0.1) is 0 Å². The zero-order valence-electron chi connectivity index (χ0n) is 32.5. The summed E-state index contributed by atoms with van der Waals surface area (Å²) in [5.41, 5.74) is 19.1. The molecule has 0 N–H and O–H groups in total. The molecule has 2 aliphatic rings. The van der Waals surface area contributed by atoms with Gasteiger partial charge in [0.15, 0.2) is 0 Å². The molecule has 11 rings (SSSR count). The predicted octanol–water partition coefficient (Wildman–Crippen LogP) is 15.8. The molecule has 1 nitrogen and oxygen atoms in total. The number of benzene rings is 9. The Balaban J connectivity index is 1.11. The fourth-order valence-corrected chi connectivity index (χ4v) is 10.2. The fraction of sp³-hybridized carbons (Fsp3) is 0.0877. The molecule has 0 saturated heterocycles. The molecule has 1 fully saturated rings. The molecule has 0 radical (unpaired) electrons. The van der Waals surface area contributed by atoms with Crippen LogP contribution in [-0.4, -0.2) is 0 Å². The second kappa shape index (κ2) is 14.2. The van der Waals surface area contributed by atoms with E-state index >= 15 is 0 Å². The van der Waals surface area contributed by atoms with Gasteiger partial charge < -0.3 is 4.90 Å². The maximum Gasteiger partial charge on any atom is 0.0540 e. The lowest BCUT2D eigenvalue weighted by Crippen LogP contribution is -2.21. The monoisotopic (exact) mass is 741 g/mol. The quantitative estimate of drug-likeness (QED) is 0.157. The molecular weight excluding hydrogens is 699 g/mol. The van der Waals surface area contributed by atoms with Gasteiger partial charge in [-0.2, -0.15) is 0 Å². The highest BCUT2D eigenvalue weighted by Gasteiger charge is 2.45. The molecule has 1 saturated carbocycles. The molecule has 276 valence electrons. The first-order valence-electron chi connectivity index (χ1n) is 20.7. The molecule has 2 aliphatic carbocycles. The third-order valence-corrected chi connectivity index (χ3v) is 12.9. The maximum absolute atomic E-state index is 2.53. The highest BCUT2D eigenvalue weighted by molar-refractivity contribution is 5.99. The fourth-order valence-electron chi connectivity index (χ4n) is 10.2. The summed E-state index contributed by atoms with van der Waals surface area (Å²) in [6, 6.07) is 78.5. The van der Waals surface area contributed by atoms with Gasteiger partial charge in [0.2, 0.25) is 0 Å². The van der Waals surface area contributed by atoms with Crippen LogP contribution >= 0.6 is 0 Å². The van der Waals surface area contributed by atoms with Crippen molar-refractivity contribution in [3.63, 3.8) is 0 Å². The van der Waals surface area contributed by atoms with E-state index in [1.165, 1.54) is 109 Å². The summed E-state index contributed by atoms with van der Waals surface area (Å²) in [6.07, 6.45) is 4.93. The number of para-hydroxylation sites is 1. The number of nitrogens with zero attached hydrogens (tertiary/aromatic N) is 1. The number of rotatable bonds is 7. The van der Waals surface area contributed by atoms with E-state index in [-0.39, 0.29) is 5.41 Å². The molecule has 0 atom stereocenters. The molecule has 0 amide bonds. The molecule has 0 aliphatic heterocycles. The minimum atomic E-state index is 0.0685. The first kappa shape index (κ1) is 34.3. The van der Waals surface area contributed by atoms with Crippen molar-refractivity contribution in [1.82, 2.24) is 0 Å². The minimum Gasteiger partial charge on any atom is -0.310 e. The Morgan fingerprint density at radius 2 is 0.845 bits per heavy atom. The van der Waals surface area contributed by atoms with Gasteiger partial charge in [0, 0.05) is 22.4 Å². The van der Waals surface area contributed by atoms with Crippen LogP contribution < -0.4 is 4.90 Å². The predicted molar refractivity (Wildman–Crippen MR) is 245 cm³/mol. The van der Waals surface area contributed by atoms with Crippen molar-refractivity contribution in [3.05, 3.63) is 223 Å². The van der Waals surface area contributed by atoms with Gasteiger partial charge in [-0.1, -0.05) is 195 Å². The van der Waals surface area contributed by atoms with Crippen molar-refractivity contribution in [2.45, 2.75) is 31.1 Å². The summed E-state index contributed by atoms with van der Waals surface area (Å²) in [5, 5.41) is 2.53. The molecule has 9 aromatic rings. The first-order valence-corrected chi connectivity index (χ1v) is 20.7. The maximum atomic E-state index is 2.53. The summed E-state index contributed by atoms with van der Waals surface area (Å²) < 4.78 is 0. The van der Waals surface area contributed by atoms with E-state index in [0.29, 0.717) is 0 Å². The van der Waals surface area contributed by atoms with Gasteiger partial charge in [-0.15, -0.1) is 0 Å². The average molecular weight is 742 g/mol. The summed E-state index contributed by atoms with van der Waals surface area (Å²) in [7, 11) is 0. The molecule has 1 spiro atoms. The summed E-state index contributed by atoms with van der Waals surface area (Å²) in [4.78, 5) is 2.51. The van der Waals surface area contributed by atoms with Crippen molar-refractivity contribution in [1.29, 1.82) is 0 Å². The van der Waals surface area contributed by atoms with Gasteiger partial charge in [0.1, 0.15) is 0 Å². The highest BCUT2D eigenvalue weighted by atomic mass is 15.1. The van der Waals surface area contributed by atoms with E-state index in [9.17, 15) is 0 Å². The topological polar surface area (TPSA) is 3.24 Å². The van der Waals surface area contributed by atoms with Crippen LogP contribution in [0.1, 0.15) is 36.8 Å². The zero-order chi connectivity index (χ0) is 38.5. The van der Waals surface area contributed by atoms with Crippen LogP contribution in [0.3, 0.4) is 0 Å². The highest BCUT2D eigenvalue weighted by Crippen LogP contribution is 2.58. The van der Waals surface area contributed by atoms with Crippen molar-refractivity contribution in [2.24, 2.45) is 0 Å². The lowest BCUT2D eigenvalue weighted by Gasteiger charge is -2.31. The van der Waals surface area contributed by atoms with E-state index < -0.39 is 0 Å². The SMILES string of the molecule is c1ccc(-c2ccccc2-c2ccccc2-c2ccccc2N(c2ccc(-c3cccc4ccccc34)cc2)c2ccc3c(c2)C2(CCCC2)c2ccccc2-3)cc1. The van der Waals surface area contributed by atoms with E-state index in [2.05, 4.69) is 217 Å². The Kier molecular flexibility index (Phi) is 8.40. The van der Waals surface area contributed by atoms with Gasteiger partial charge in [-0.25, -0.2) is 0 Å². The lowest BCUT2D eigenvalue weighted by molar-refractivity contribution is 0.550. The smallest absolute Gasteiger partial charge is 0.0540 e. The van der Waals surface area contributed by atoms with Gasteiger partial charge in [0.25, 0.3) is 0 Å². The standard InChI is InChI=1S/C57H43N/c1-2-17-40(18-3-1)47-22-6-7-23-48(47)49-24-8-9-25-50(49)53-27-11-13-30-56(53)58(43-33-31-42(32-34-43)46-28-16-20-41-19-4-5-21-45(41)46)44-35-36-52-51-26-10-12-29-54(51)57(55(52)39-44)37-14-15-38-57/h1-13,16-36,39H,14-15,37-38H2. The Morgan fingerprint density at radius 1 is 0.328 bits per heavy atom. The number of anilines is 3. The summed E-state index contributed by atoms with van der Waals surface area (Å²) in [5.74, 6) is 0. The van der Waals surface area contributed by atoms with E-state index in [4.69, 9.17) is 0 Å². The number of hydrogen-bond donors (Lipinski definition) is 0. The molecular formula is C57H43N. The largest absolute Gasteiger partial charge is 0.310 e. The number of fused-ring (bicyclic) bond motifs is 6. The van der Waals surface area contributed by atoms with Crippen LogP contribution in [0.25, 0.3) is 66.4 Å². The molecule has 0 bridgehead atoms. The Hall–Kier alpha value is -6.96. The van der Waals surface area contributed by atoms with Gasteiger partial charge in [-0.05, 0) is 115 Å². The van der Waals surface area contributed by atoms with Gasteiger partial charge >= 0.3 is 0 Å².